The number of likely N-dealkylation sites (tertiary alicyclic amines) is 1. The van der Waals surface area contributed by atoms with Gasteiger partial charge >= 0.3 is 0 Å². The van der Waals surface area contributed by atoms with Crippen LogP contribution in [0.4, 0.5) is 0 Å². The lowest BCUT2D eigenvalue weighted by molar-refractivity contribution is 0.0743. The number of amides is 1. The van der Waals surface area contributed by atoms with Crippen LogP contribution in [0.1, 0.15) is 29.3 Å². The Balaban J connectivity index is 0.00000280. The molecule has 1 aliphatic rings. The molecule has 1 aliphatic heterocycles. The summed E-state index contributed by atoms with van der Waals surface area (Å²) in [6.07, 6.45) is 0.946. The highest BCUT2D eigenvalue weighted by molar-refractivity contribution is 6.30. The van der Waals surface area contributed by atoms with Crippen LogP contribution in [0.25, 0.3) is 0 Å². The minimum absolute atomic E-state index is 0. The van der Waals surface area contributed by atoms with Crippen LogP contribution in [-0.2, 0) is 6.61 Å². The number of nitrogens with two attached hydrogens (primary N) is 1. The Labute approximate surface area is 177 Å². The van der Waals surface area contributed by atoms with Gasteiger partial charge in [0.2, 0.25) is 0 Å². The Kier molecular flexibility index (Phi) is 7.98. The van der Waals surface area contributed by atoms with Crippen LogP contribution >= 0.6 is 24.0 Å². The van der Waals surface area contributed by atoms with Gasteiger partial charge in [0.05, 0.1) is 7.11 Å². The van der Waals surface area contributed by atoms with Crippen molar-refractivity contribution in [3.63, 3.8) is 0 Å². The summed E-state index contributed by atoms with van der Waals surface area (Å²) >= 11 is 5.90. The van der Waals surface area contributed by atoms with Gasteiger partial charge in [0.15, 0.2) is 11.5 Å². The van der Waals surface area contributed by atoms with E-state index in [-0.39, 0.29) is 24.4 Å². The molecule has 0 saturated carbocycles. The van der Waals surface area contributed by atoms with E-state index in [0.29, 0.717) is 47.7 Å². The molecule has 2 aromatic rings. The van der Waals surface area contributed by atoms with Crippen LogP contribution < -0.4 is 15.2 Å². The first kappa shape index (κ1) is 22.3. The molecule has 5 nitrogen and oxygen atoms in total. The normalized spacial score (nSPS) is 18.5. The van der Waals surface area contributed by atoms with Crippen molar-refractivity contribution in [2.24, 2.45) is 11.7 Å². The van der Waals surface area contributed by atoms with Crippen LogP contribution in [0, 0.1) is 5.92 Å². The second kappa shape index (κ2) is 10.0. The van der Waals surface area contributed by atoms with Crippen molar-refractivity contribution < 1.29 is 14.3 Å². The fraction of sp³-hybridized carbons (Fsp3) is 0.381. The van der Waals surface area contributed by atoms with Crippen molar-refractivity contribution in [2.45, 2.75) is 26.0 Å². The van der Waals surface area contributed by atoms with E-state index in [1.165, 1.54) is 0 Å². The summed E-state index contributed by atoms with van der Waals surface area (Å²) < 4.78 is 11.3. The first-order valence-electron chi connectivity index (χ1n) is 9.08. The summed E-state index contributed by atoms with van der Waals surface area (Å²) in [5, 5.41) is 0.687. The molecule has 152 valence electrons. The number of nitrogens with zero attached hydrogens (tertiary/aromatic N) is 1. The van der Waals surface area contributed by atoms with Gasteiger partial charge in [-0.3, -0.25) is 4.79 Å². The van der Waals surface area contributed by atoms with Gasteiger partial charge in [0.1, 0.15) is 6.61 Å². The number of methoxy groups -OCH3 is 1. The molecular formula is C21H26Cl2N2O3. The summed E-state index contributed by atoms with van der Waals surface area (Å²) in [7, 11) is 1.57. The lowest BCUT2D eigenvalue weighted by Gasteiger charge is -2.22. The van der Waals surface area contributed by atoms with Gasteiger partial charge in [-0.05, 0) is 61.7 Å². The monoisotopic (exact) mass is 424 g/mol. The molecule has 0 aliphatic carbocycles. The molecule has 0 aromatic heterocycles. The van der Waals surface area contributed by atoms with Gasteiger partial charge in [0.25, 0.3) is 5.91 Å². The van der Waals surface area contributed by atoms with E-state index < -0.39 is 0 Å². The van der Waals surface area contributed by atoms with E-state index in [1.54, 1.807) is 25.3 Å². The third-order valence-corrected chi connectivity index (χ3v) is 5.23. The average molecular weight is 425 g/mol. The molecule has 2 unspecified atom stereocenters. The van der Waals surface area contributed by atoms with Crippen LogP contribution in [0.3, 0.4) is 0 Å². The van der Waals surface area contributed by atoms with Gasteiger partial charge in [-0.15, -0.1) is 12.4 Å². The number of rotatable bonds is 6. The Morgan fingerprint density at radius 2 is 1.93 bits per heavy atom. The number of carbonyl (C=O) groups excluding carboxylic acids is 1. The molecule has 7 heteroatoms. The van der Waals surface area contributed by atoms with Crippen LogP contribution in [0.5, 0.6) is 11.5 Å². The molecule has 1 saturated heterocycles. The van der Waals surface area contributed by atoms with Crippen molar-refractivity contribution in [2.75, 3.05) is 20.2 Å². The van der Waals surface area contributed by atoms with Gasteiger partial charge in [0, 0.05) is 23.2 Å². The maximum atomic E-state index is 12.9. The standard InChI is InChI=1S/C21H25ClN2O3.ClH/c1-14-9-16(11-23)12-24(14)21(25)17-5-8-19(20(10-17)26-2)27-13-15-3-6-18(22)7-4-15;/h3-8,10,14,16H,9,11-13,23H2,1-2H3;1H. The SMILES string of the molecule is COc1cc(C(=O)N2CC(CN)CC2C)ccc1OCc1ccc(Cl)cc1.Cl. The molecule has 2 N–H and O–H groups in total. The van der Waals surface area contributed by atoms with Crippen LogP contribution in [0.2, 0.25) is 5.02 Å². The molecule has 2 atom stereocenters. The Morgan fingerprint density at radius 3 is 2.54 bits per heavy atom. The van der Waals surface area contributed by atoms with Crippen LogP contribution in [-0.4, -0.2) is 37.0 Å². The van der Waals surface area contributed by atoms with E-state index in [9.17, 15) is 4.79 Å². The molecule has 0 spiro atoms. The van der Waals surface area contributed by atoms with Crippen molar-refractivity contribution in [1.29, 1.82) is 0 Å². The number of hydrogen-bond acceptors (Lipinski definition) is 4. The number of carbonyl (C=O) groups is 1. The average Bonchev–Trinajstić information content (AvgIpc) is 3.07. The zero-order valence-corrected chi connectivity index (χ0v) is 17.6. The third kappa shape index (κ3) is 5.10. The number of halogens is 2. The zero-order chi connectivity index (χ0) is 19.4. The van der Waals surface area contributed by atoms with Gasteiger partial charge < -0.3 is 20.1 Å². The Morgan fingerprint density at radius 1 is 1.21 bits per heavy atom. The van der Waals surface area contributed by atoms with Gasteiger partial charge in [-0.1, -0.05) is 23.7 Å². The predicted molar refractivity (Wildman–Crippen MR) is 114 cm³/mol. The molecule has 0 bridgehead atoms. The first-order valence-corrected chi connectivity index (χ1v) is 9.46. The highest BCUT2D eigenvalue weighted by Gasteiger charge is 2.32. The van der Waals surface area contributed by atoms with E-state index >= 15 is 0 Å². The lowest BCUT2D eigenvalue weighted by Crippen LogP contribution is -2.34. The maximum Gasteiger partial charge on any atom is 0.254 e. The van der Waals surface area contributed by atoms with Crippen LogP contribution in [0.15, 0.2) is 42.5 Å². The second-order valence-electron chi connectivity index (χ2n) is 6.92. The van der Waals surface area contributed by atoms with E-state index in [0.717, 1.165) is 12.0 Å². The van der Waals surface area contributed by atoms with Gasteiger partial charge in [-0.2, -0.15) is 0 Å². The fourth-order valence-corrected chi connectivity index (χ4v) is 3.55. The Bertz CT molecular complexity index is 799. The zero-order valence-electron chi connectivity index (χ0n) is 16.1. The van der Waals surface area contributed by atoms with E-state index in [1.807, 2.05) is 29.2 Å². The summed E-state index contributed by atoms with van der Waals surface area (Å²) in [6, 6.07) is 13.0. The van der Waals surface area contributed by atoms with Gasteiger partial charge in [-0.25, -0.2) is 0 Å². The molecule has 1 heterocycles. The van der Waals surface area contributed by atoms with E-state index in [4.69, 9.17) is 26.8 Å². The fourth-order valence-electron chi connectivity index (χ4n) is 3.42. The third-order valence-electron chi connectivity index (χ3n) is 4.97. The summed E-state index contributed by atoms with van der Waals surface area (Å²) in [5.74, 6) is 1.50. The second-order valence-corrected chi connectivity index (χ2v) is 7.36. The molecule has 1 fully saturated rings. The molecular weight excluding hydrogens is 399 g/mol. The number of hydrogen-bond donors (Lipinski definition) is 1. The summed E-state index contributed by atoms with van der Waals surface area (Å²) in [4.78, 5) is 14.8. The van der Waals surface area contributed by atoms with Crippen molar-refractivity contribution in [3.05, 3.63) is 58.6 Å². The molecule has 3 rings (SSSR count). The van der Waals surface area contributed by atoms with E-state index in [2.05, 4.69) is 6.92 Å². The summed E-state index contributed by atoms with van der Waals surface area (Å²) in [6.45, 7) is 3.76. The number of ether oxygens (including phenoxy) is 2. The smallest absolute Gasteiger partial charge is 0.254 e. The molecule has 1 amide bonds. The quantitative estimate of drug-likeness (QED) is 0.755. The minimum atomic E-state index is 0. The highest BCUT2D eigenvalue weighted by atomic mass is 35.5. The summed E-state index contributed by atoms with van der Waals surface area (Å²) in [5.41, 5.74) is 7.36. The van der Waals surface area contributed by atoms with Crippen molar-refractivity contribution in [1.82, 2.24) is 4.90 Å². The molecule has 28 heavy (non-hydrogen) atoms. The molecule has 0 radical (unpaired) electrons. The minimum Gasteiger partial charge on any atom is -0.493 e. The predicted octanol–water partition coefficient (Wildman–Crippen LogP) is 4.16. The topological polar surface area (TPSA) is 64.8 Å². The first-order chi connectivity index (χ1) is 13.0. The number of benzene rings is 2. The molecule has 2 aromatic carbocycles. The lowest BCUT2D eigenvalue weighted by atomic mass is 10.1. The maximum absolute atomic E-state index is 12.9. The highest BCUT2D eigenvalue weighted by Crippen LogP contribution is 2.31. The van der Waals surface area contributed by atoms with Crippen molar-refractivity contribution >= 4 is 29.9 Å². The Hall–Kier alpha value is -1.95. The van der Waals surface area contributed by atoms with Crippen molar-refractivity contribution in [3.8, 4) is 11.5 Å². The largest absolute Gasteiger partial charge is 0.493 e.